The van der Waals surface area contributed by atoms with Crippen LogP contribution < -0.4 is 15.4 Å². The fourth-order valence-electron chi connectivity index (χ4n) is 2.67. The average molecular weight is 354 g/mol. The molecule has 0 radical (unpaired) electrons. The maximum absolute atomic E-state index is 5.28. The zero-order valence-electron chi connectivity index (χ0n) is 16.2. The molecule has 0 fully saturated rings. The molecule has 140 valence electrons. The van der Waals surface area contributed by atoms with Crippen molar-refractivity contribution in [1.82, 2.24) is 15.5 Å². The van der Waals surface area contributed by atoms with Crippen LogP contribution in [0.25, 0.3) is 0 Å². The van der Waals surface area contributed by atoms with E-state index in [2.05, 4.69) is 66.9 Å². The van der Waals surface area contributed by atoms with Crippen LogP contribution in [-0.2, 0) is 19.6 Å². The predicted molar refractivity (Wildman–Crippen MR) is 108 cm³/mol. The van der Waals surface area contributed by atoms with Crippen LogP contribution in [-0.4, -0.2) is 38.6 Å². The molecule has 0 amide bonds. The number of nitrogens with one attached hydrogen (secondary N) is 2. The molecule has 0 spiro atoms. The molecule has 26 heavy (non-hydrogen) atoms. The van der Waals surface area contributed by atoms with E-state index in [0.717, 1.165) is 30.4 Å². The molecule has 0 aromatic heterocycles. The van der Waals surface area contributed by atoms with E-state index < -0.39 is 0 Å². The van der Waals surface area contributed by atoms with Crippen molar-refractivity contribution < 1.29 is 4.74 Å². The standard InChI is InChI=1S/C21H30N4O/c1-5-22-21(24-15-18-9-7-11-20(13-18)26-4)23-14-17-8-6-10-19(12-17)16-25(2)3/h6-13H,5,14-16H2,1-4H3,(H2,22,23,24). The van der Waals surface area contributed by atoms with E-state index in [1.807, 2.05) is 18.2 Å². The Morgan fingerprint density at radius 3 is 2.46 bits per heavy atom. The fraction of sp³-hybridized carbons (Fsp3) is 0.381. The summed E-state index contributed by atoms with van der Waals surface area (Å²) in [5.74, 6) is 1.68. The van der Waals surface area contributed by atoms with Gasteiger partial charge in [0, 0.05) is 19.6 Å². The van der Waals surface area contributed by atoms with E-state index in [9.17, 15) is 0 Å². The van der Waals surface area contributed by atoms with Gasteiger partial charge >= 0.3 is 0 Å². The van der Waals surface area contributed by atoms with E-state index in [1.165, 1.54) is 11.1 Å². The van der Waals surface area contributed by atoms with Gasteiger partial charge in [-0.15, -0.1) is 0 Å². The third kappa shape index (κ3) is 6.76. The summed E-state index contributed by atoms with van der Waals surface area (Å²) < 4.78 is 5.28. The van der Waals surface area contributed by atoms with Crippen LogP contribution in [0.1, 0.15) is 23.6 Å². The number of nitrogens with zero attached hydrogens (tertiary/aromatic N) is 2. The first-order valence-electron chi connectivity index (χ1n) is 8.98. The first kappa shape index (κ1) is 19.8. The number of ether oxygens (including phenoxy) is 1. The molecule has 0 saturated heterocycles. The van der Waals surface area contributed by atoms with Crippen molar-refractivity contribution in [2.75, 3.05) is 27.7 Å². The summed E-state index contributed by atoms with van der Waals surface area (Å²) in [7, 11) is 5.84. The lowest BCUT2D eigenvalue weighted by Crippen LogP contribution is -2.36. The molecular formula is C21H30N4O. The van der Waals surface area contributed by atoms with Crippen LogP contribution >= 0.6 is 0 Å². The number of guanidine groups is 1. The highest BCUT2D eigenvalue weighted by Gasteiger charge is 2.01. The second kappa shape index (κ2) is 10.5. The van der Waals surface area contributed by atoms with Crippen molar-refractivity contribution in [3.8, 4) is 5.75 Å². The highest BCUT2D eigenvalue weighted by atomic mass is 16.5. The van der Waals surface area contributed by atoms with Gasteiger partial charge in [0.05, 0.1) is 13.7 Å². The van der Waals surface area contributed by atoms with Crippen molar-refractivity contribution in [2.45, 2.75) is 26.6 Å². The number of hydrogen-bond donors (Lipinski definition) is 2. The van der Waals surface area contributed by atoms with Gasteiger partial charge in [-0.2, -0.15) is 0 Å². The highest BCUT2D eigenvalue weighted by molar-refractivity contribution is 5.79. The van der Waals surface area contributed by atoms with E-state index in [-0.39, 0.29) is 0 Å². The average Bonchev–Trinajstić information content (AvgIpc) is 2.64. The second-order valence-corrected chi connectivity index (χ2v) is 6.46. The zero-order chi connectivity index (χ0) is 18.8. The van der Waals surface area contributed by atoms with E-state index in [4.69, 9.17) is 9.73 Å². The van der Waals surface area contributed by atoms with Gasteiger partial charge in [0.1, 0.15) is 5.75 Å². The van der Waals surface area contributed by atoms with E-state index >= 15 is 0 Å². The molecule has 0 aliphatic rings. The summed E-state index contributed by atoms with van der Waals surface area (Å²) in [6, 6.07) is 16.6. The van der Waals surface area contributed by atoms with Crippen LogP contribution in [0.2, 0.25) is 0 Å². The van der Waals surface area contributed by atoms with Crippen LogP contribution in [0.3, 0.4) is 0 Å². The lowest BCUT2D eigenvalue weighted by atomic mass is 10.1. The smallest absolute Gasteiger partial charge is 0.191 e. The zero-order valence-corrected chi connectivity index (χ0v) is 16.2. The minimum atomic E-state index is 0.648. The minimum absolute atomic E-state index is 0.648. The summed E-state index contributed by atoms with van der Waals surface area (Å²) >= 11 is 0. The third-order valence-corrected chi connectivity index (χ3v) is 3.85. The van der Waals surface area contributed by atoms with Crippen LogP contribution in [0.4, 0.5) is 0 Å². The predicted octanol–water partition coefficient (Wildman–Crippen LogP) is 3.01. The molecule has 5 heteroatoms. The van der Waals surface area contributed by atoms with Gasteiger partial charge < -0.3 is 20.3 Å². The first-order chi connectivity index (χ1) is 12.6. The monoisotopic (exact) mass is 354 g/mol. The maximum atomic E-state index is 5.28. The van der Waals surface area contributed by atoms with Gasteiger partial charge in [-0.25, -0.2) is 4.99 Å². The first-order valence-corrected chi connectivity index (χ1v) is 8.98. The second-order valence-electron chi connectivity index (χ2n) is 6.46. The van der Waals surface area contributed by atoms with Crippen molar-refractivity contribution in [2.24, 2.45) is 4.99 Å². The molecule has 2 N–H and O–H groups in total. The highest BCUT2D eigenvalue weighted by Crippen LogP contribution is 2.12. The molecule has 0 saturated carbocycles. The Morgan fingerprint density at radius 2 is 1.73 bits per heavy atom. The number of benzene rings is 2. The molecule has 2 aromatic rings. The van der Waals surface area contributed by atoms with Crippen LogP contribution in [0.5, 0.6) is 5.75 Å². The number of aliphatic imine (C=N–C) groups is 1. The number of rotatable bonds is 8. The van der Waals surface area contributed by atoms with Gasteiger partial charge in [-0.3, -0.25) is 0 Å². The van der Waals surface area contributed by atoms with Crippen molar-refractivity contribution in [3.05, 3.63) is 65.2 Å². The molecule has 2 rings (SSSR count). The van der Waals surface area contributed by atoms with Crippen molar-refractivity contribution >= 4 is 5.96 Å². The molecule has 0 aliphatic carbocycles. The summed E-state index contributed by atoms with van der Waals surface area (Å²) in [6.07, 6.45) is 0. The Morgan fingerprint density at radius 1 is 1.00 bits per heavy atom. The maximum Gasteiger partial charge on any atom is 0.191 e. The Hall–Kier alpha value is -2.53. The number of hydrogen-bond acceptors (Lipinski definition) is 3. The van der Waals surface area contributed by atoms with Crippen LogP contribution in [0.15, 0.2) is 53.5 Å². The van der Waals surface area contributed by atoms with Gasteiger partial charge in [-0.1, -0.05) is 36.4 Å². The Labute approximate surface area is 157 Å². The minimum Gasteiger partial charge on any atom is -0.497 e. The lowest BCUT2D eigenvalue weighted by Gasteiger charge is -2.13. The Bertz CT molecular complexity index is 713. The molecule has 0 bridgehead atoms. The Kier molecular flexibility index (Phi) is 7.96. The van der Waals surface area contributed by atoms with Gasteiger partial charge in [0.15, 0.2) is 5.96 Å². The van der Waals surface area contributed by atoms with E-state index in [1.54, 1.807) is 7.11 Å². The summed E-state index contributed by atoms with van der Waals surface area (Å²) in [4.78, 5) is 6.88. The van der Waals surface area contributed by atoms with Gasteiger partial charge in [0.25, 0.3) is 0 Å². The lowest BCUT2D eigenvalue weighted by molar-refractivity contribution is 0.402. The largest absolute Gasteiger partial charge is 0.497 e. The Balaban J connectivity index is 1.99. The van der Waals surface area contributed by atoms with Crippen molar-refractivity contribution in [1.29, 1.82) is 0 Å². The molecular weight excluding hydrogens is 324 g/mol. The molecule has 0 aliphatic heterocycles. The summed E-state index contributed by atoms with van der Waals surface area (Å²) in [5, 5.41) is 6.68. The SMILES string of the molecule is CCNC(=NCc1cccc(CN(C)C)c1)NCc1cccc(OC)c1. The quantitative estimate of drug-likeness (QED) is 0.565. The molecule has 5 nitrogen and oxygen atoms in total. The molecule has 0 heterocycles. The normalized spacial score (nSPS) is 11.5. The van der Waals surface area contributed by atoms with Gasteiger partial charge in [-0.05, 0) is 49.8 Å². The van der Waals surface area contributed by atoms with Crippen molar-refractivity contribution in [3.63, 3.8) is 0 Å². The summed E-state index contributed by atoms with van der Waals surface area (Å²) in [6.45, 7) is 5.18. The topological polar surface area (TPSA) is 48.9 Å². The number of methoxy groups -OCH3 is 1. The fourth-order valence-corrected chi connectivity index (χ4v) is 2.67. The molecule has 0 atom stereocenters. The van der Waals surface area contributed by atoms with Gasteiger partial charge in [0.2, 0.25) is 0 Å². The molecule has 2 aromatic carbocycles. The third-order valence-electron chi connectivity index (χ3n) is 3.85. The van der Waals surface area contributed by atoms with E-state index in [0.29, 0.717) is 13.1 Å². The summed E-state index contributed by atoms with van der Waals surface area (Å²) in [5.41, 5.74) is 3.67. The van der Waals surface area contributed by atoms with Crippen LogP contribution in [0, 0.1) is 0 Å². The molecule has 0 unspecified atom stereocenters.